The molecular formula is C19H22N4O2S. The molecule has 26 heavy (non-hydrogen) atoms. The maximum absolute atomic E-state index is 11.7. The number of pyridine rings is 1. The van der Waals surface area contributed by atoms with E-state index >= 15 is 0 Å². The third-order valence-corrected chi connectivity index (χ3v) is 4.26. The van der Waals surface area contributed by atoms with Crippen molar-refractivity contribution in [2.24, 2.45) is 4.99 Å². The maximum Gasteiger partial charge on any atom is 0.306 e. The van der Waals surface area contributed by atoms with Gasteiger partial charge in [-0.15, -0.1) is 11.3 Å². The number of aliphatic imine (C=N–C) groups is 1. The Morgan fingerprint density at radius 3 is 3.00 bits per heavy atom. The van der Waals surface area contributed by atoms with E-state index in [4.69, 9.17) is 4.74 Å². The Hall–Kier alpha value is -2.80. The van der Waals surface area contributed by atoms with Crippen molar-refractivity contribution in [3.63, 3.8) is 0 Å². The zero-order valence-electron chi connectivity index (χ0n) is 14.9. The predicted octanol–water partition coefficient (Wildman–Crippen LogP) is 4.23. The molecule has 136 valence electrons. The molecule has 0 fully saturated rings. The molecule has 1 N–H and O–H groups in total. The maximum atomic E-state index is 11.7. The molecule has 2 rings (SSSR count). The van der Waals surface area contributed by atoms with E-state index in [2.05, 4.69) is 26.9 Å². The minimum Gasteiger partial charge on any atom is -0.466 e. The van der Waals surface area contributed by atoms with Gasteiger partial charge in [-0.1, -0.05) is 18.7 Å². The molecule has 0 aliphatic heterocycles. The average Bonchev–Trinajstić information content (AvgIpc) is 3.04. The first-order valence-electron chi connectivity index (χ1n) is 8.32. The summed E-state index contributed by atoms with van der Waals surface area (Å²) in [6, 6.07) is 5.65. The van der Waals surface area contributed by atoms with Gasteiger partial charge in [0.1, 0.15) is 11.5 Å². The highest BCUT2D eigenvalue weighted by Gasteiger charge is 2.16. The Kier molecular flexibility index (Phi) is 7.70. The second-order valence-electron chi connectivity index (χ2n) is 5.19. The van der Waals surface area contributed by atoms with Crippen LogP contribution in [0.4, 0.5) is 5.13 Å². The summed E-state index contributed by atoms with van der Waals surface area (Å²) in [6.07, 6.45) is 7.92. The number of allylic oxidation sites excluding steroid dienone is 2. The van der Waals surface area contributed by atoms with E-state index in [1.165, 1.54) is 11.3 Å². The van der Waals surface area contributed by atoms with Crippen LogP contribution in [0.3, 0.4) is 0 Å². The Labute approximate surface area is 157 Å². The minimum absolute atomic E-state index is 0.220. The number of carbonyl (C=O) groups excluding carboxylic acids is 1. The number of nitrogens with zero attached hydrogens (tertiary/aromatic N) is 3. The molecule has 0 amide bonds. The third kappa shape index (κ3) is 5.93. The monoisotopic (exact) mass is 370 g/mol. The van der Waals surface area contributed by atoms with Gasteiger partial charge < -0.3 is 10.1 Å². The number of nitrogens with one attached hydrogen (secondary N) is 1. The molecule has 2 aromatic rings. The van der Waals surface area contributed by atoms with Gasteiger partial charge in [0.25, 0.3) is 0 Å². The van der Waals surface area contributed by atoms with Crippen LogP contribution in [-0.4, -0.2) is 28.8 Å². The molecule has 0 saturated carbocycles. The summed E-state index contributed by atoms with van der Waals surface area (Å²) in [4.78, 5) is 25.8. The number of carbonyl (C=O) groups is 1. The second kappa shape index (κ2) is 10.2. The fourth-order valence-electron chi connectivity index (χ4n) is 2.10. The quantitative estimate of drug-likeness (QED) is 0.528. The van der Waals surface area contributed by atoms with Crippen molar-refractivity contribution in [2.45, 2.75) is 26.7 Å². The highest BCUT2D eigenvalue weighted by molar-refractivity contribution is 7.16. The molecule has 0 unspecified atom stereocenters. The van der Waals surface area contributed by atoms with Gasteiger partial charge in [0.05, 0.1) is 18.7 Å². The van der Waals surface area contributed by atoms with Gasteiger partial charge in [-0.2, -0.15) is 0 Å². The zero-order valence-corrected chi connectivity index (χ0v) is 15.8. The van der Waals surface area contributed by atoms with Crippen LogP contribution < -0.4 is 5.32 Å². The lowest BCUT2D eigenvalue weighted by atomic mass is 10.2. The number of esters is 1. The van der Waals surface area contributed by atoms with Crippen LogP contribution in [0.25, 0.3) is 11.4 Å². The van der Waals surface area contributed by atoms with Gasteiger partial charge in [0, 0.05) is 17.3 Å². The number of hydrogen-bond acceptors (Lipinski definition) is 7. The standard InChI is InChI=1S/C19H22N4O2S/c1-4-6-12-20-14(3)22-19-23-18(15-9-7-8-13-21-15)16(26-19)10-11-17(24)25-5-2/h4,6-9,12-13H,3,5,10-11H2,1-2H3,(H,22,23)/b6-4-,20-12-. The molecule has 0 aromatic carbocycles. The van der Waals surface area contributed by atoms with Gasteiger partial charge in [0.15, 0.2) is 5.13 Å². The van der Waals surface area contributed by atoms with Crippen LogP contribution in [0.5, 0.6) is 0 Å². The van der Waals surface area contributed by atoms with E-state index < -0.39 is 0 Å². The van der Waals surface area contributed by atoms with Crippen molar-refractivity contribution in [3.05, 3.63) is 53.8 Å². The van der Waals surface area contributed by atoms with Crippen molar-refractivity contribution in [2.75, 3.05) is 11.9 Å². The predicted molar refractivity (Wildman–Crippen MR) is 106 cm³/mol. The number of thiazole rings is 1. The first-order chi connectivity index (χ1) is 12.6. The molecule has 2 aromatic heterocycles. The highest BCUT2D eigenvalue weighted by Crippen LogP contribution is 2.31. The molecule has 0 atom stereocenters. The smallest absolute Gasteiger partial charge is 0.306 e. The van der Waals surface area contributed by atoms with Crippen molar-refractivity contribution >= 4 is 28.7 Å². The number of rotatable bonds is 9. The van der Waals surface area contributed by atoms with Gasteiger partial charge in [-0.3, -0.25) is 9.78 Å². The lowest BCUT2D eigenvalue weighted by Crippen LogP contribution is -2.05. The van der Waals surface area contributed by atoms with Crippen LogP contribution in [0, 0.1) is 0 Å². The number of ether oxygens (including phenoxy) is 1. The molecule has 0 aliphatic carbocycles. The van der Waals surface area contributed by atoms with E-state index in [0.717, 1.165) is 16.3 Å². The van der Waals surface area contributed by atoms with Crippen LogP contribution in [-0.2, 0) is 16.0 Å². The Balaban J connectivity index is 2.20. The summed E-state index contributed by atoms with van der Waals surface area (Å²) in [5.41, 5.74) is 1.52. The van der Waals surface area contributed by atoms with E-state index in [1.807, 2.05) is 37.3 Å². The van der Waals surface area contributed by atoms with Gasteiger partial charge in [0.2, 0.25) is 0 Å². The average molecular weight is 370 g/mol. The number of hydrogen-bond donors (Lipinski definition) is 1. The van der Waals surface area contributed by atoms with Gasteiger partial charge >= 0.3 is 5.97 Å². The fraction of sp³-hybridized carbons (Fsp3) is 0.263. The van der Waals surface area contributed by atoms with Crippen LogP contribution in [0.2, 0.25) is 0 Å². The number of aryl methyl sites for hydroxylation is 1. The normalized spacial score (nSPS) is 11.2. The van der Waals surface area contributed by atoms with E-state index in [-0.39, 0.29) is 5.97 Å². The highest BCUT2D eigenvalue weighted by atomic mass is 32.1. The largest absolute Gasteiger partial charge is 0.466 e. The first kappa shape index (κ1) is 19.5. The molecule has 0 bridgehead atoms. The van der Waals surface area contributed by atoms with Crippen LogP contribution in [0.15, 0.2) is 53.9 Å². The summed E-state index contributed by atoms with van der Waals surface area (Å²) in [5, 5.41) is 3.74. The Bertz CT molecular complexity index is 797. The lowest BCUT2D eigenvalue weighted by Gasteiger charge is -2.02. The third-order valence-electron chi connectivity index (χ3n) is 3.23. The van der Waals surface area contributed by atoms with Gasteiger partial charge in [-0.25, -0.2) is 9.98 Å². The summed E-state index contributed by atoms with van der Waals surface area (Å²) >= 11 is 1.46. The summed E-state index contributed by atoms with van der Waals surface area (Å²) in [6.45, 7) is 7.96. The van der Waals surface area contributed by atoms with Crippen molar-refractivity contribution in [3.8, 4) is 11.4 Å². The summed E-state index contributed by atoms with van der Waals surface area (Å²) < 4.78 is 5.01. The minimum atomic E-state index is -0.220. The Morgan fingerprint density at radius 1 is 1.46 bits per heavy atom. The number of aromatic nitrogens is 2. The molecule has 0 saturated heterocycles. The molecule has 6 nitrogen and oxygen atoms in total. The first-order valence-corrected chi connectivity index (χ1v) is 9.13. The number of anilines is 1. The van der Waals surface area contributed by atoms with Crippen molar-refractivity contribution in [1.29, 1.82) is 0 Å². The molecule has 7 heteroatoms. The summed E-state index contributed by atoms with van der Waals surface area (Å²) in [7, 11) is 0. The van der Waals surface area contributed by atoms with E-state index in [9.17, 15) is 4.79 Å². The van der Waals surface area contributed by atoms with Crippen molar-refractivity contribution in [1.82, 2.24) is 9.97 Å². The van der Waals surface area contributed by atoms with Crippen molar-refractivity contribution < 1.29 is 9.53 Å². The van der Waals surface area contributed by atoms with Crippen LogP contribution in [0.1, 0.15) is 25.1 Å². The molecule has 2 heterocycles. The van der Waals surface area contributed by atoms with E-state index in [1.54, 1.807) is 19.3 Å². The molecular weight excluding hydrogens is 348 g/mol. The fourth-order valence-corrected chi connectivity index (χ4v) is 3.09. The molecule has 0 radical (unpaired) electrons. The molecule has 0 aliphatic rings. The van der Waals surface area contributed by atoms with Crippen LogP contribution >= 0.6 is 11.3 Å². The second-order valence-corrected chi connectivity index (χ2v) is 6.27. The topological polar surface area (TPSA) is 76.5 Å². The SMILES string of the molecule is C=C(/N=C\C=C/C)Nc1nc(-c2ccccn2)c(CCC(=O)OCC)s1. The Morgan fingerprint density at radius 2 is 2.31 bits per heavy atom. The van der Waals surface area contributed by atoms with E-state index in [0.29, 0.717) is 30.4 Å². The van der Waals surface area contributed by atoms with Gasteiger partial charge in [-0.05, 0) is 38.5 Å². The lowest BCUT2D eigenvalue weighted by molar-refractivity contribution is -0.143. The zero-order chi connectivity index (χ0) is 18.8. The molecule has 0 spiro atoms. The summed E-state index contributed by atoms with van der Waals surface area (Å²) in [5.74, 6) is 0.268.